The zero-order valence-electron chi connectivity index (χ0n) is 10.0. The fraction of sp³-hybridized carbons (Fsp3) is 0.583. The van der Waals surface area contributed by atoms with Crippen molar-refractivity contribution in [3.63, 3.8) is 0 Å². The first kappa shape index (κ1) is 11.4. The molecule has 4 heteroatoms. The van der Waals surface area contributed by atoms with Crippen molar-refractivity contribution >= 4 is 0 Å². The van der Waals surface area contributed by atoms with Gasteiger partial charge in [0.1, 0.15) is 0 Å². The van der Waals surface area contributed by atoms with Crippen molar-refractivity contribution in [1.82, 2.24) is 14.7 Å². The largest absolute Gasteiger partial charge is 0.384 e. The lowest BCUT2D eigenvalue weighted by molar-refractivity contribution is 0.143. The van der Waals surface area contributed by atoms with Gasteiger partial charge in [-0.3, -0.25) is 9.58 Å². The lowest BCUT2D eigenvalue weighted by atomic mass is 9.95. The summed E-state index contributed by atoms with van der Waals surface area (Å²) in [7, 11) is 3.75. The normalized spacial score (nSPS) is 20.8. The molecule has 0 amide bonds. The molecule has 1 unspecified atom stereocenters. The minimum atomic E-state index is 0.433. The first-order chi connectivity index (χ1) is 7.76. The van der Waals surface area contributed by atoms with Gasteiger partial charge >= 0.3 is 0 Å². The van der Waals surface area contributed by atoms with Crippen molar-refractivity contribution in [3.05, 3.63) is 30.1 Å². The van der Waals surface area contributed by atoms with E-state index in [2.05, 4.69) is 16.6 Å². The van der Waals surface area contributed by atoms with Crippen LogP contribution in [0.15, 0.2) is 18.9 Å². The van der Waals surface area contributed by atoms with Crippen LogP contribution in [0.5, 0.6) is 0 Å². The van der Waals surface area contributed by atoms with Crippen molar-refractivity contribution < 1.29 is 4.74 Å². The van der Waals surface area contributed by atoms with Gasteiger partial charge in [0.25, 0.3) is 0 Å². The average molecular weight is 221 g/mol. The van der Waals surface area contributed by atoms with Crippen LogP contribution >= 0.6 is 0 Å². The lowest BCUT2D eigenvalue weighted by Gasteiger charge is -2.31. The highest BCUT2D eigenvalue weighted by Crippen LogP contribution is 2.27. The third kappa shape index (κ3) is 2.03. The molecule has 1 aliphatic heterocycles. The maximum atomic E-state index is 5.28. The molecule has 0 spiro atoms. The summed E-state index contributed by atoms with van der Waals surface area (Å²) in [6, 6.07) is 0. The molecule has 0 fully saturated rings. The predicted octanol–water partition coefficient (Wildman–Crippen LogP) is 1.15. The Labute approximate surface area is 96.5 Å². The Morgan fingerprint density at radius 2 is 2.50 bits per heavy atom. The van der Waals surface area contributed by atoms with Crippen LogP contribution in [0.3, 0.4) is 0 Å². The van der Waals surface area contributed by atoms with Crippen LogP contribution in [0.25, 0.3) is 0 Å². The maximum absolute atomic E-state index is 5.28. The Bertz CT molecular complexity index is 372. The van der Waals surface area contributed by atoms with Gasteiger partial charge in [0.15, 0.2) is 0 Å². The van der Waals surface area contributed by atoms with Gasteiger partial charge in [-0.25, -0.2) is 0 Å². The monoisotopic (exact) mass is 221 g/mol. The van der Waals surface area contributed by atoms with Crippen LogP contribution < -0.4 is 0 Å². The fourth-order valence-corrected chi connectivity index (χ4v) is 2.37. The second kappa shape index (κ2) is 4.80. The van der Waals surface area contributed by atoms with Crippen LogP contribution in [-0.4, -0.2) is 41.5 Å². The molecule has 1 aliphatic rings. The van der Waals surface area contributed by atoms with Crippen molar-refractivity contribution in [2.24, 2.45) is 7.05 Å². The van der Waals surface area contributed by atoms with Gasteiger partial charge in [-0.2, -0.15) is 5.10 Å². The number of aryl methyl sites for hydroxylation is 1. The van der Waals surface area contributed by atoms with E-state index in [0.29, 0.717) is 5.92 Å². The molecule has 1 aromatic heterocycles. The summed E-state index contributed by atoms with van der Waals surface area (Å²) in [6.07, 6.45) is 3.93. The molecule has 2 heterocycles. The SMILES string of the molecule is C=CCN1Cc2c(cnn2C)C(COC)C1. The third-order valence-corrected chi connectivity index (χ3v) is 3.14. The summed E-state index contributed by atoms with van der Waals surface area (Å²) in [6.45, 7) is 7.46. The van der Waals surface area contributed by atoms with Gasteiger partial charge in [0, 0.05) is 45.3 Å². The van der Waals surface area contributed by atoms with Crippen molar-refractivity contribution in [2.45, 2.75) is 12.5 Å². The Morgan fingerprint density at radius 1 is 1.69 bits per heavy atom. The molecule has 0 radical (unpaired) electrons. The number of hydrogen-bond donors (Lipinski definition) is 0. The van der Waals surface area contributed by atoms with E-state index in [1.807, 2.05) is 24.0 Å². The Hall–Kier alpha value is -1.13. The molecule has 16 heavy (non-hydrogen) atoms. The number of nitrogens with zero attached hydrogens (tertiary/aromatic N) is 3. The molecule has 0 aliphatic carbocycles. The van der Waals surface area contributed by atoms with Crippen molar-refractivity contribution in [3.8, 4) is 0 Å². The standard InChI is InChI=1S/C12H19N3O/c1-4-5-15-7-10(9-16-3)11-6-13-14(2)12(11)8-15/h4,6,10H,1,5,7-9H2,2-3H3. The molecule has 2 rings (SSSR count). The van der Waals surface area contributed by atoms with Crippen LogP contribution in [0.1, 0.15) is 17.2 Å². The lowest BCUT2D eigenvalue weighted by Crippen LogP contribution is -2.35. The molecule has 88 valence electrons. The number of fused-ring (bicyclic) bond motifs is 1. The molecule has 0 saturated heterocycles. The number of aromatic nitrogens is 2. The van der Waals surface area contributed by atoms with Gasteiger partial charge < -0.3 is 4.74 Å². The quantitative estimate of drug-likeness (QED) is 0.715. The van der Waals surface area contributed by atoms with E-state index in [1.165, 1.54) is 11.3 Å². The topological polar surface area (TPSA) is 30.3 Å². The molecule has 0 aromatic carbocycles. The summed E-state index contributed by atoms with van der Waals surface area (Å²) in [5, 5.41) is 4.33. The molecule has 0 bridgehead atoms. The summed E-state index contributed by atoms with van der Waals surface area (Å²) >= 11 is 0. The zero-order valence-corrected chi connectivity index (χ0v) is 10.0. The van der Waals surface area contributed by atoms with Crippen molar-refractivity contribution in [1.29, 1.82) is 0 Å². The van der Waals surface area contributed by atoms with Crippen LogP contribution in [0.2, 0.25) is 0 Å². The minimum absolute atomic E-state index is 0.433. The minimum Gasteiger partial charge on any atom is -0.384 e. The second-order valence-corrected chi connectivity index (χ2v) is 4.31. The molecule has 1 aromatic rings. The van der Waals surface area contributed by atoms with Gasteiger partial charge in [0.2, 0.25) is 0 Å². The van der Waals surface area contributed by atoms with E-state index >= 15 is 0 Å². The van der Waals surface area contributed by atoms with E-state index in [4.69, 9.17) is 4.74 Å². The average Bonchev–Trinajstić information content (AvgIpc) is 2.62. The first-order valence-corrected chi connectivity index (χ1v) is 5.59. The van der Waals surface area contributed by atoms with Gasteiger partial charge in [-0.15, -0.1) is 6.58 Å². The zero-order chi connectivity index (χ0) is 11.5. The Balaban J connectivity index is 2.23. The molecule has 4 nitrogen and oxygen atoms in total. The van der Waals surface area contributed by atoms with Crippen LogP contribution in [-0.2, 0) is 18.3 Å². The van der Waals surface area contributed by atoms with Crippen LogP contribution in [0.4, 0.5) is 0 Å². The molecule has 0 saturated carbocycles. The summed E-state index contributed by atoms with van der Waals surface area (Å²) in [5.41, 5.74) is 2.64. The molecular weight excluding hydrogens is 202 g/mol. The predicted molar refractivity (Wildman–Crippen MR) is 63.3 cm³/mol. The Morgan fingerprint density at radius 3 is 3.19 bits per heavy atom. The van der Waals surface area contributed by atoms with Gasteiger partial charge in [0.05, 0.1) is 18.5 Å². The third-order valence-electron chi connectivity index (χ3n) is 3.14. The van der Waals surface area contributed by atoms with Crippen molar-refractivity contribution in [2.75, 3.05) is 26.8 Å². The fourth-order valence-electron chi connectivity index (χ4n) is 2.37. The van der Waals surface area contributed by atoms with E-state index in [1.54, 1.807) is 7.11 Å². The summed E-state index contributed by atoms with van der Waals surface area (Å²) < 4.78 is 7.25. The van der Waals surface area contributed by atoms with Gasteiger partial charge in [-0.05, 0) is 0 Å². The van der Waals surface area contributed by atoms with E-state index in [0.717, 1.165) is 26.2 Å². The Kier molecular flexibility index (Phi) is 3.41. The number of methoxy groups -OCH3 is 1. The van der Waals surface area contributed by atoms with Gasteiger partial charge in [-0.1, -0.05) is 6.08 Å². The highest BCUT2D eigenvalue weighted by molar-refractivity contribution is 5.26. The number of hydrogen-bond acceptors (Lipinski definition) is 3. The second-order valence-electron chi connectivity index (χ2n) is 4.31. The first-order valence-electron chi connectivity index (χ1n) is 5.59. The smallest absolute Gasteiger partial charge is 0.0557 e. The molecular formula is C12H19N3O. The highest BCUT2D eigenvalue weighted by atomic mass is 16.5. The van der Waals surface area contributed by atoms with E-state index < -0.39 is 0 Å². The number of ether oxygens (including phenoxy) is 1. The van der Waals surface area contributed by atoms with Crippen LogP contribution in [0, 0.1) is 0 Å². The van der Waals surface area contributed by atoms with E-state index in [9.17, 15) is 0 Å². The van der Waals surface area contributed by atoms with E-state index in [-0.39, 0.29) is 0 Å². The summed E-state index contributed by atoms with van der Waals surface area (Å²) in [4.78, 5) is 2.38. The molecule has 1 atom stereocenters. The summed E-state index contributed by atoms with van der Waals surface area (Å²) in [5.74, 6) is 0.433. The number of rotatable bonds is 4. The maximum Gasteiger partial charge on any atom is 0.0557 e. The molecule has 0 N–H and O–H groups in total. The highest BCUT2D eigenvalue weighted by Gasteiger charge is 2.27.